The maximum Gasteiger partial charge on any atom is 0.123 e. The van der Waals surface area contributed by atoms with Crippen LogP contribution >= 0.6 is 0 Å². The fourth-order valence-corrected chi connectivity index (χ4v) is 2.69. The van der Waals surface area contributed by atoms with E-state index >= 15 is 0 Å². The van der Waals surface area contributed by atoms with Crippen LogP contribution in [0.25, 0.3) is 0 Å². The molecule has 1 aromatic rings. The lowest BCUT2D eigenvalue weighted by atomic mass is 10.0. The van der Waals surface area contributed by atoms with Gasteiger partial charge in [-0.1, -0.05) is 13.8 Å². The summed E-state index contributed by atoms with van der Waals surface area (Å²) in [5.74, 6) is 1.24. The second-order valence-electron chi connectivity index (χ2n) is 7.24. The Morgan fingerprint density at radius 2 is 1.80 bits per heavy atom. The molecule has 0 saturated carbocycles. The summed E-state index contributed by atoms with van der Waals surface area (Å²) in [5, 5.41) is 3.46. The summed E-state index contributed by atoms with van der Waals surface area (Å²) >= 11 is 0. The van der Waals surface area contributed by atoms with Gasteiger partial charge in [-0.05, 0) is 56.4 Å². The lowest BCUT2D eigenvalue weighted by Gasteiger charge is -2.25. The highest BCUT2D eigenvalue weighted by Gasteiger charge is 2.27. The SMILES string of the molecule is CC1CN(c2ccc(F)cc2CNC(C)(C)C)CC1C. The van der Waals surface area contributed by atoms with Crippen molar-refractivity contribution in [1.29, 1.82) is 0 Å². The minimum absolute atomic E-state index is 0.0369. The summed E-state index contributed by atoms with van der Waals surface area (Å²) in [7, 11) is 0. The van der Waals surface area contributed by atoms with Gasteiger partial charge in [0.2, 0.25) is 0 Å². The molecule has 0 bridgehead atoms. The van der Waals surface area contributed by atoms with Gasteiger partial charge in [0.05, 0.1) is 0 Å². The van der Waals surface area contributed by atoms with Crippen LogP contribution in [0.15, 0.2) is 18.2 Å². The van der Waals surface area contributed by atoms with E-state index in [2.05, 4.69) is 44.8 Å². The topological polar surface area (TPSA) is 15.3 Å². The van der Waals surface area contributed by atoms with Gasteiger partial charge in [-0.2, -0.15) is 0 Å². The van der Waals surface area contributed by atoms with Crippen LogP contribution < -0.4 is 10.2 Å². The van der Waals surface area contributed by atoms with Crippen molar-refractivity contribution < 1.29 is 4.39 Å². The van der Waals surface area contributed by atoms with Crippen molar-refractivity contribution in [2.75, 3.05) is 18.0 Å². The Labute approximate surface area is 122 Å². The molecule has 2 rings (SSSR count). The molecular formula is C17H27FN2. The van der Waals surface area contributed by atoms with Gasteiger partial charge >= 0.3 is 0 Å². The summed E-state index contributed by atoms with van der Waals surface area (Å²) in [6.45, 7) is 13.8. The normalized spacial score (nSPS) is 23.4. The van der Waals surface area contributed by atoms with Crippen LogP contribution in [0.4, 0.5) is 10.1 Å². The number of benzene rings is 1. The average Bonchev–Trinajstić information content (AvgIpc) is 2.66. The van der Waals surface area contributed by atoms with E-state index in [1.165, 1.54) is 5.69 Å². The third kappa shape index (κ3) is 3.72. The second kappa shape index (κ2) is 5.72. The molecule has 1 N–H and O–H groups in total. The van der Waals surface area contributed by atoms with E-state index in [-0.39, 0.29) is 11.4 Å². The van der Waals surface area contributed by atoms with Gasteiger partial charge in [-0.15, -0.1) is 0 Å². The smallest absolute Gasteiger partial charge is 0.123 e. The fourth-order valence-electron chi connectivity index (χ4n) is 2.69. The highest BCUT2D eigenvalue weighted by atomic mass is 19.1. The highest BCUT2D eigenvalue weighted by Crippen LogP contribution is 2.30. The number of nitrogens with zero attached hydrogens (tertiary/aromatic N) is 1. The molecular weight excluding hydrogens is 251 g/mol. The molecule has 1 aliphatic heterocycles. The second-order valence-corrected chi connectivity index (χ2v) is 7.24. The van der Waals surface area contributed by atoms with E-state index in [4.69, 9.17) is 0 Å². The van der Waals surface area contributed by atoms with Crippen LogP contribution in [-0.2, 0) is 6.54 Å². The molecule has 3 heteroatoms. The van der Waals surface area contributed by atoms with Gasteiger partial charge < -0.3 is 10.2 Å². The third-order valence-corrected chi connectivity index (χ3v) is 4.18. The van der Waals surface area contributed by atoms with E-state index in [1.54, 1.807) is 12.1 Å². The number of nitrogens with one attached hydrogen (secondary N) is 1. The Kier molecular flexibility index (Phi) is 4.38. The van der Waals surface area contributed by atoms with E-state index < -0.39 is 0 Å². The monoisotopic (exact) mass is 278 g/mol. The van der Waals surface area contributed by atoms with Gasteiger partial charge in [0.25, 0.3) is 0 Å². The zero-order valence-corrected chi connectivity index (χ0v) is 13.3. The van der Waals surface area contributed by atoms with Crippen LogP contribution in [0.2, 0.25) is 0 Å². The fraction of sp³-hybridized carbons (Fsp3) is 0.647. The molecule has 1 saturated heterocycles. The predicted molar refractivity (Wildman–Crippen MR) is 83.5 cm³/mol. The number of anilines is 1. The summed E-state index contributed by atoms with van der Waals surface area (Å²) < 4.78 is 13.6. The number of hydrogen-bond donors (Lipinski definition) is 1. The molecule has 1 aliphatic rings. The molecule has 0 amide bonds. The molecule has 0 aliphatic carbocycles. The molecule has 0 spiro atoms. The number of rotatable bonds is 3. The minimum Gasteiger partial charge on any atom is -0.371 e. The summed E-state index contributed by atoms with van der Waals surface area (Å²) in [6.07, 6.45) is 0. The first-order chi connectivity index (χ1) is 9.26. The van der Waals surface area contributed by atoms with Crippen LogP contribution in [0, 0.1) is 17.7 Å². The van der Waals surface area contributed by atoms with Crippen molar-refractivity contribution in [1.82, 2.24) is 5.32 Å². The summed E-state index contributed by atoms with van der Waals surface area (Å²) in [6, 6.07) is 5.17. The van der Waals surface area contributed by atoms with Crippen molar-refractivity contribution in [2.45, 2.75) is 46.7 Å². The zero-order valence-electron chi connectivity index (χ0n) is 13.3. The van der Waals surface area contributed by atoms with Gasteiger partial charge in [-0.3, -0.25) is 0 Å². The molecule has 112 valence electrons. The van der Waals surface area contributed by atoms with Crippen molar-refractivity contribution in [3.63, 3.8) is 0 Å². The molecule has 1 fully saturated rings. The van der Waals surface area contributed by atoms with Crippen LogP contribution in [0.3, 0.4) is 0 Å². The lowest BCUT2D eigenvalue weighted by molar-refractivity contribution is 0.423. The predicted octanol–water partition coefficient (Wildman–Crippen LogP) is 3.81. The van der Waals surface area contributed by atoms with Gasteiger partial charge in [0.15, 0.2) is 0 Å². The van der Waals surface area contributed by atoms with Crippen LogP contribution in [0.5, 0.6) is 0 Å². The Hall–Kier alpha value is -1.09. The molecule has 0 radical (unpaired) electrons. The number of halogens is 1. The van der Waals surface area contributed by atoms with E-state index in [1.807, 2.05) is 6.07 Å². The van der Waals surface area contributed by atoms with E-state index in [9.17, 15) is 4.39 Å². The van der Waals surface area contributed by atoms with Crippen molar-refractivity contribution in [2.24, 2.45) is 11.8 Å². The molecule has 2 atom stereocenters. The van der Waals surface area contributed by atoms with Crippen molar-refractivity contribution in [3.8, 4) is 0 Å². The van der Waals surface area contributed by atoms with E-state index in [0.717, 1.165) is 18.7 Å². The van der Waals surface area contributed by atoms with Crippen molar-refractivity contribution in [3.05, 3.63) is 29.6 Å². The lowest BCUT2D eigenvalue weighted by Crippen LogP contribution is -2.35. The first-order valence-corrected chi connectivity index (χ1v) is 7.54. The maximum atomic E-state index is 13.6. The minimum atomic E-state index is -0.153. The molecule has 20 heavy (non-hydrogen) atoms. The summed E-state index contributed by atoms with van der Waals surface area (Å²) in [5.41, 5.74) is 2.27. The largest absolute Gasteiger partial charge is 0.371 e. The molecule has 1 heterocycles. The van der Waals surface area contributed by atoms with Gasteiger partial charge in [0, 0.05) is 30.9 Å². The van der Waals surface area contributed by atoms with Gasteiger partial charge in [0.1, 0.15) is 5.82 Å². The first kappa shape index (κ1) is 15.3. The van der Waals surface area contributed by atoms with Crippen LogP contribution in [0.1, 0.15) is 40.2 Å². The Balaban J connectivity index is 2.20. The first-order valence-electron chi connectivity index (χ1n) is 7.54. The quantitative estimate of drug-likeness (QED) is 0.904. The maximum absolute atomic E-state index is 13.6. The van der Waals surface area contributed by atoms with E-state index in [0.29, 0.717) is 18.4 Å². The van der Waals surface area contributed by atoms with Crippen molar-refractivity contribution >= 4 is 5.69 Å². The summed E-state index contributed by atoms with van der Waals surface area (Å²) in [4.78, 5) is 2.40. The molecule has 2 unspecified atom stereocenters. The Bertz CT molecular complexity index is 455. The Morgan fingerprint density at radius 1 is 1.20 bits per heavy atom. The number of hydrogen-bond acceptors (Lipinski definition) is 2. The molecule has 2 nitrogen and oxygen atoms in total. The average molecular weight is 278 g/mol. The highest BCUT2D eigenvalue weighted by molar-refractivity contribution is 5.54. The standard InChI is InChI=1S/C17H27FN2/c1-12-10-20(11-13(12)2)16-7-6-15(18)8-14(16)9-19-17(3,4)5/h6-8,12-13,19H,9-11H2,1-5H3. The Morgan fingerprint density at radius 3 is 2.35 bits per heavy atom. The zero-order chi connectivity index (χ0) is 14.9. The third-order valence-electron chi connectivity index (χ3n) is 4.18. The molecule has 0 aromatic heterocycles. The molecule has 1 aromatic carbocycles. The van der Waals surface area contributed by atoms with Crippen LogP contribution in [-0.4, -0.2) is 18.6 Å². The van der Waals surface area contributed by atoms with Gasteiger partial charge in [-0.25, -0.2) is 4.39 Å².